The summed E-state index contributed by atoms with van der Waals surface area (Å²) in [7, 11) is 0. The van der Waals surface area contributed by atoms with Gasteiger partial charge in [0.25, 0.3) is 5.91 Å². The average Bonchev–Trinajstić information content (AvgIpc) is 2.34. The fourth-order valence-corrected chi connectivity index (χ4v) is 1.96. The highest BCUT2D eigenvalue weighted by molar-refractivity contribution is 9.10. The third-order valence-corrected chi connectivity index (χ3v) is 3.09. The van der Waals surface area contributed by atoms with E-state index in [4.69, 9.17) is 11.6 Å². The van der Waals surface area contributed by atoms with E-state index < -0.39 is 0 Å². The molecule has 0 saturated heterocycles. The molecule has 1 aromatic carbocycles. The Morgan fingerprint density at radius 1 is 1.33 bits per heavy atom. The Hall–Kier alpha value is -1.39. The Bertz CT molecular complexity index is 601. The van der Waals surface area contributed by atoms with Gasteiger partial charge in [-0.05, 0) is 52.7 Å². The van der Waals surface area contributed by atoms with Crippen LogP contribution in [0.15, 0.2) is 41.0 Å². The van der Waals surface area contributed by atoms with Crippen LogP contribution in [0.2, 0.25) is 5.02 Å². The van der Waals surface area contributed by atoms with Gasteiger partial charge >= 0.3 is 0 Å². The lowest BCUT2D eigenvalue weighted by Crippen LogP contribution is -2.14. The molecule has 0 aliphatic rings. The van der Waals surface area contributed by atoms with Crippen LogP contribution in [0.4, 0.5) is 5.69 Å². The van der Waals surface area contributed by atoms with Crippen LogP contribution in [0.5, 0.6) is 0 Å². The molecule has 1 aromatic heterocycles. The maximum atomic E-state index is 12.0. The van der Waals surface area contributed by atoms with E-state index in [0.29, 0.717) is 21.0 Å². The number of carbonyl (C=O) groups excluding carboxylic acids is 1. The van der Waals surface area contributed by atoms with Crippen molar-refractivity contribution >= 4 is 39.1 Å². The van der Waals surface area contributed by atoms with Gasteiger partial charge in [-0.15, -0.1) is 0 Å². The Morgan fingerprint density at radius 2 is 2.11 bits per heavy atom. The number of anilines is 1. The van der Waals surface area contributed by atoms with Crippen molar-refractivity contribution in [3.63, 3.8) is 0 Å². The summed E-state index contributed by atoms with van der Waals surface area (Å²) in [5.74, 6) is -0.288. The van der Waals surface area contributed by atoms with E-state index in [0.717, 1.165) is 5.56 Å². The second-order valence-corrected chi connectivity index (χ2v) is 5.00. The van der Waals surface area contributed by atoms with Crippen LogP contribution in [-0.4, -0.2) is 10.9 Å². The Balaban J connectivity index is 2.24. The number of carbonyl (C=O) groups is 1. The van der Waals surface area contributed by atoms with Crippen molar-refractivity contribution in [3.8, 4) is 0 Å². The molecule has 0 radical (unpaired) electrons. The monoisotopic (exact) mass is 324 g/mol. The number of hydrogen-bond donors (Lipinski definition) is 1. The van der Waals surface area contributed by atoms with Gasteiger partial charge in [0, 0.05) is 0 Å². The molecule has 5 heteroatoms. The molecule has 0 bridgehead atoms. The lowest BCUT2D eigenvalue weighted by Gasteiger charge is -2.07. The lowest BCUT2D eigenvalue weighted by molar-refractivity contribution is 0.102. The van der Waals surface area contributed by atoms with Crippen LogP contribution < -0.4 is 5.32 Å². The molecule has 1 amide bonds. The van der Waals surface area contributed by atoms with Crippen LogP contribution >= 0.6 is 27.5 Å². The van der Waals surface area contributed by atoms with E-state index in [1.165, 1.54) is 0 Å². The minimum Gasteiger partial charge on any atom is -0.319 e. The van der Waals surface area contributed by atoms with E-state index in [-0.39, 0.29) is 5.91 Å². The SMILES string of the molecule is Cc1ccc(Cl)c(NC(=O)c2cccc(Br)n2)c1. The van der Waals surface area contributed by atoms with Gasteiger partial charge in [0.2, 0.25) is 0 Å². The van der Waals surface area contributed by atoms with E-state index in [1.54, 1.807) is 24.3 Å². The van der Waals surface area contributed by atoms with Crippen molar-refractivity contribution in [2.75, 3.05) is 5.32 Å². The molecule has 0 aliphatic heterocycles. The molecule has 3 nitrogen and oxygen atoms in total. The number of aromatic nitrogens is 1. The summed E-state index contributed by atoms with van der Waals surface area (Å²) < 4.78 is 0.616. The largest absolute Gasteiger partial charge is 0.319 e. The lowest BCUT2D eigenvalue weighted by atomic mass is 10.2. The van der Waals surface area contributed by atoms with Gasteiger partial charge in [-0.25, -0.2) is 4.98 Å². The summed E-state index contributed by atoms with van der Waals surface area (Å²) in [5.41, 5.74) is 1.95. The molecule has 2 aromatic rings. The van der Waals surface area contributed by atoms with Crippen LogP contribution in [-0.2, 0) is 0 Å². The summed E-state index contributed by atoms with van der Waals surface area (Å²) >= 11 is 9.24. The van der Waals surface area contributed by atoms with Crippen molar-refractivity contribution in [2.45, 2.75) is 6.92 Å². The molecule has 1 N–H and O–H groups in total. The first-order chi connectivity index (χ1) is 8.56. The summed E-state index contributed by atoms with van der Waals surface area (Å²) in [6.07, 6.45) is 0. The molecule has 0 spiro atoms. The first-order valence-electron chi connectivity index (χ1n) is 5.26. The first kappa shape index (κ1) is 13.1. The van der Waals surface area contributed by atoms with Gasteiger partial charge in [0.15, 0.2) is 0 Å². The van der Waals surface area contributed by atoms with Gasteiger partial charge in [0.1, 0.15) is 10.3 Å². The van der Waals surface area contributed by atoms with Crippen molar-refractivity contribution < 1.29 is 4.79 Å². The van der Waals surface area contributed by atoms with Gasteiger partial charge in [-0.1, -0.05) is 23.7 Å². The third kappa shape index (κ3) is 3.09. The molecule has 92 valence electrons. The zero-order chi connectivity index (χ0) is 13.1. The molecule has 0 fully saturated rings. The minimum absolute atomic E-state index is 0.288. The maximum Gasteiger partial charge on any atom is 0.274 e. The standard InChI is InChI=1S/C13H10BrClN2O/c1-8-5-6-9(15)11(7-8)17-13(18)10-3-2-4-12(14)16-10/h2-7H,1H3,(H,17,18). The van der Waals surface area contributed by atoms with Crippen LogP contribution in [0.3, 0.4) is 0 Å². The smallest absolute Gasteiger partial charge is 0.274 e. The zero-order valence-corrected chi connectivity index (χ0v) is 11.9. The molecular formula is C13H10BrClN2O. The van der Waals surface area contributed by atoms with Crippen molar-refractivity contribution in [1.29, 1.82) is 0 Å². The molecule has 0 unspecified atom stereocenters. The predicted octanol–water partition coefficient (Wildman–Crippen LogP) is 4.06. The fraction of sp³-hybridized carbons (Fsp3) is 0.0769. The van der Waals surface area contributed by atoms with E-state index >= 15 is 0 Å². The van der Waals surface area contributed by atoms with Gasteiger partial charge in [-0.3, -0.25) is 4.79 Å². The number of hydrogen-bond acceptors (Lipinski definition) is 2. The van der Waals surface area contributed by atoms with E-state index in [9.17, 15) is 4.79 Å². The summed E-state index contributed by atoms with van der Waals surface area (Å²) in [5, 5.41) is 3.24. The molecule has 2 rings (SSSR count). The Morgan fingerprint density at radius 3 is 2.83 bits per heavy atom. The van der Waals surface area contributed by atoms with E-state index in [1.807, 2.05) is 19.1 Å². The second-order valence-electron chi connectivity index (χ2n) is 3.78. The second kappa shape index (κ2) is 5.50. The minimum atomic E-state index is -0.288. The number of amides is 1. The van der Waals surface area contributed by atoms with Gasteiger partial charge < -0.3 is 5.32 Å². The van der Waals surface area contributed by atoms with Gasteiger partial charge in [0.05, 0.1) is 10.7 Å². The highest BCUT2D eigenvalue weighted by Gasteiger charge is 2.10. The first-order valence-corrected chi connectivity index (χ1v) is 6.43. The summed E-state index contributed by atoms with van der Waals surface area (Å²) in [6, 6.07) is 10.6. The summed E-state index contributed by atoms with van der Waals surface area (Å²) in [4.78, 5) is 16.1. The van der Waals surface area contributed by atoms with Crippen molar-refractivity contribution in [1.82, 2.24) is 4.98 Å². The topological polar surface area (TPSA) is 42.0 Å². The third-order valence-electron chi connectivity index (χ3n) is 2.32. The quantitative estimate of drug-likeness (QED) is 0.846. The maximum absolute atomic E-state index is 12.0. The van der Waals surface area contributed by atoms with Crippen molar-refractivity contribution in [3.05, 3.63) is 57.3 Å². The molecule has 1 heterocycles. The van der Waals surface area contributed by atoms with Crippen LogP contribution in [0, 0.1) is 6.92 Å². The number of pyridine rings is 1. The Labute approximate surface area is 118 Å². The Kier molecular flexibility index (Phi) is 3.99. The van der Waals surface area contributed by atoms with Crippen LogP contribution in [0.25, 0.3) is 0 Å². The number of nitrogens with one attached hydrogen (secondary N) is 1. The molecule has 0 atom stereocenters. The summed E-state index contributed by atoms with van der Waals surface area (Å²) in [6.45, 7) is 1.93. The van der Waals surface area contributed by atoms with Crippen LogP contribution in [0.1, 0.15) is 16.1 Å². The average molecular weight is 326 g/mol. The highest BCUT2D eigenvalue weighted by Crippen LogP contribution is 2.23. The molecule has 0 aliphatic carbocycles. The molecule has 0 saturated carbocycles. The number of aryl methyl sites for hydroxylation is 1. The fourth-order valence-electron chi connectivity index (χ4n) is 1.46. The number of rotatable bonds is 2. The molecule has 18 heavy (non-hydrogen) atoms. The number of halogens is 2. The number of benzene rings is 1. The predicted molar refractivity (Wildman–Crippen MR) is 76.1 cm³/mol. The van der Waals surface area contributed by atoms with E-state index in [2.05, 4.69) is 26.2 Å². The normalized spacial score (nSPS) is 10.2. The zero-order valence-electron chi connectivity index (χ0n) is 9.58. The highest BCUT2D eigenvalue weighted by atomic mass is 79.9. The van der Waals surface area contributed by atoms with Gasteiger partial charge in [-0.2, -0.15) is 0 Å². The molecular weight excluding hydrogens is 316 g/mol. The number of nitrogens with zero attached hydrogens (tertiary/aromatic N) is 1. The van der Waals surface area contributed by atoms with Crippen molar-refractivity contribution in [2.24, 2.45) is 0 Å².